The van der Waals surface area contributed by atoms with Crippen molar-refractivity contribution < 1.29 is 9.90 Å². The van der Waals surface area contributed by atoms with Crippen LogP contribution in [0.15, 0.2) is 28.4 Å². The third-order valence-electron chi connectivity index (χ3n) is 2.76. The number of thiazole rings is 1. The average molecular weight is 332 g/mol. The number of nitrogens with zero attached hydrogens (tertiary/aromatic N) is 1. The van der Waals surface area contributed by atoms with Crippen LogP contribution in [0.5, 0.6) is 0 Å². The molecule has 20 heavy (non-hydrogen) atoms. The highest BCUT2D eigenvalue weighted by atomic mass is 35.5. The second kappa shape index (κ2) is 6.43. The van der Waals surface area contributed by atoms with Crippen molar-refractivity contribution in [3.63, 3.8) is 0 Å². The lowest BCUT2D eigenvalue weighted by molar-refractivity contribution is -0.137. The van der Waals surface area contributed by atoms with Crippen molar-refractivity contribution in [1.82, 2.24) is 4.57 Å². The molecule has 0 amide bonds. The monoisotopic (exact) mass is 331 g/mol. The molecule has 1 heterocycles. The molecule has 106 valence electrons. The summed E-state index contributed by atoms with van der Waals surface area (Å²) in [6.45, 7) is 0.350. The summed E-state index contributed by atoms with van der Waals surface area (Å²) < 4.78 is 1.54. The first-order valence-electron chi connectivity index (χ1n) is 5.84. The molecular weight excluding hydrogens is 321 g/mol. The Morgan fingerprint density at radius 1 is 1.35 bits per heavy atom. The lowest BCUT2D eigenvalue weighted by atomic mass is 10.1. The summed E-state index contributed by atoms with van der Waals surface area (Å²) in [5.74, 6) is -0.876. The number of carboxylic acid groups (broad SMARTS) is 1. The summed E-state index contributed by atoms with van der Waals surface area (Å²) >= 11 is 13.1. The number of hydrogen-bond donors (Lipinski definition) is 1. The van der Waals surface area contributed by atoms with Gasteiger partial charge in [-0.3, -0.25) is 14.2 Å². The van der Waals surface area contributed by atoms with Gasteiger partial charge in [-0.2, -0.15) is 0 Å². The average Bonchev–Trinajstić information content (AvgIpc) is 2.71. The standard InChI is InChI=1S/C13H11Cl2NO3S/c14-8-3-4-9(10(15)6-8)11-7-20-13(19)16(11)5-1-2-12(17)18/h3-4,6-7H,1-2,5H2,(H,17,18). The summed E-state index contributed by atoms with van der Waals surface area (Å²) in [4.78, 5) is 22.2. The van der Waals surface area contributed by atoms with E-state index >= 15 is 0 Å². The van der Waals surface area contributed by atoms with Crippen molar-refractivity contribution in [1.29, 1.82) is 0 Å². The highest BCUT2D eigenvalue weighted by Gasteiger charge is 2.12. The van der Waals surface area contributed by atoms with E-state index in [9.17, 15) is 9.59 Å². The minimum atomic E-state index is -0.876. The van der Waals surface area contributed by atoms with Crippen LogP contribution in [-0.2, 0) is 11.3 Å². The molecule has 0 atom stereocenters. The van der Waals surface area contributed by atoms with E-state index in [0.29, 0.717) is 34.3 Å². The first-order valence-corrected chi connectivity index (χ1v) is 7.48. The molecule has 0 saturated carbocycles. The number of aromatic nitrogens is 1. The zero-order chi connectivity index (χ0) is 14.7. The molecule has 1 aromatic heterocycles. The Labute approximate surface area is 129 Å². The van der Waals surface area contributed by atoms with E-state index in [0.717, 1.165) is 11.3 Å². The van der Waals surface area contributed by atoms with Gasteiger partial charge in [0, 0.05) is 28.9 Å². The molecule has 4 nitrogen and oxygen atoms in total. The Kier molecular flexibility index (Phi) is 4.86. The van der Waals surface area contributed by atoms with E-state index in [1.807, 2.05) is 0 Å². The maximum absolute atomic E-state index is 11.8. The molecule has 1 aromatic carbocycles. The van der Waals surface area contributed by atoms with Crippen LogP contribution in [0.3, 0.4) is 0 Å². The minimum Gasteiger partial charge on any atom is -0.481 e. The Balaban J connectivity index is 2.33. The number of benzene rings is 1. The maximum atomic E-state index is 11.8. The van der Waals surface area contributed by atoms with Crippen LogP contribution in [0.4, 0.5) is 0 Å². The van der Waals surface area contributed by atoms with Gasteiger partial charge in [-0.25, -0.2) is 0 Å². The number of halogens is 2. The van der Waals surface area contributed by atoms with Crippen LogP contribution < -0.4 is 4.87 Å². The first-order chi connectivity index (χ1) is 9.49. The third kappa shape index (κ3) is 3.42. The predicted molar refractivity (Wildman–Crippen MR) is 80.9 cm³/mol. The number of hydrogen-bond acceptors (Lipinski definition) is 3. The third-order valence-corrected chi connectivity index (χ3v) is 4.07. The number of carboxylic acids is 1. The maximum Gasteiger partial charge on any atom is 0.307 e. The van der Waals surface area contributed by atoms with Crippen LogP contribution >= 0.6 is 34.5 Å². The molecule has 0 spiro atoms. The van der Waals surface area contributed by atoms with E-state index < -0.39 is 5.97 Å². The van der Waals surface area contributed by atoms with Crippen LogP contribution in [0.2, 0.25) is 10.0 Å². The zero-order valence-corrected chi connectivity index (χ0v) is 12.6. The van der Waals surface area contributed by atoms with Gasteiger partial charge in [-0.15, -0.1) is 0 Å². The Hall–Kier alpha value is -1.30. The quantitative estimate of drug-likeness (QED) is 0.907. The molecule has 0 unspecified atom stereocenters. The van der Waals surface area contributed by atoms with Crippen molar-refractivity contribution in [2.75, 3.05) is 0 Å². The first kappa shape index (κ1) is 15.1. The Bertz CT molecular complexity index is 693. The predicted octanol–water partition coefficient (Wildman–Crippen LogP) is 3.75. The van der Waals surface area contributed by atoms with Crippen LogP contribution in [0, 0.1) is 0 Å². The highest BCUT2D eigenvalue weighted by molar-refractivity contribution is 7.07. The van der Waals surface area contributed by atoms with Crippen LogP contribution in [0.25, 0.3) is 11.3 Å². The zero-order valence-electron chi connectivity index (χ0n) is 10.3. The van der Waals surface area contributed by atoms with Gasteiger partial charge < -0.3 is 5.11 Å². The largest absolute Gasteiger partial charge is 0.481 e. The van der Waals surface area contributed by atoms with E-state index in [-0.39, 0.29) is 11.3 Å². The van der Waals surface area contributed by atoms with Gasteiger partial charge in [0.1, 0.15) is 0 Å². The van der Waals surface area contributed by atoms with E-state index in [4.69, 9.17) is 28.3 Å². The lowest BCUT2D eigenvalue weighted by Crippen LogP contribution is -2.15. The molecule has 2 rings (SSSR count). The van der Waals surface area contributed by atoms with Gasteiger partial charge >= 0.3 is 10.8 Å². The van der Waals surface area contributed by atoms with Crippen LogP contribution in [-0.4, -0.2) is 15.6 Å². The second-order valence-corrected chi connectivity index (χ2v) is 5.82. The number of aliphatic carboxylic acids is 1. The molecule has 2 aromatic rings. The van der Waals surface area contributed by atoms with Crippen molar-refractivity contribution >= 4 is 40.5 Å². The number of rotatable bonds is 5. The molecule has 0 saturated heterocycles. The normalized spacial score (nSPS) is 10.7. The smallest absolute Gasteiger partial charge is 0.307 e. The Morgan fingerprint density at radius 3 is 2.75 bits per heavy atom. The van der Waals surface area contributed by atoms with Crippen molar-refractivity contribution in [3.8, 4) is 11.3 Å². The van der Waals surface area contributed by atoms with Crippen LogP contribution in [0.1, 0.15) is 12.8 Å². The summed E-state index contributed by atoms with van der Waals surface area (Å²) in [5.41, 5.74) is 1.40. The number of carbonyl (C=O) groups is 1. The minimum absolute atomic E-state index is 0.0239. The molecule has 0 aliphatic rings. The van der Waals surface area contributed by atoms with E-state index in [1.54, 1.807) is 28.1 Å². The van der Waals surface area contributed by atoms with Gasteiger partial charge in [0.05, 0.1) is 10.7 Å². The molecule has 0 radical (unpaired) electrons. The summed E-state index contributed by atoms with van der Waals surface area (Å²) in [7, 11) is 0. The molecule has 1 N–H and O–H groups in total. The summed E-state index contributed by atoms with van der Waals surface area (Å²) in [6.07, 6.45) is 0.417. The van der Waals surface area contributed by atoms with Gasteiger partial charge in [-0.05, 0) is 24.6 Å². The van der Waals surface area contributed by atoms with Gasteiger partial charge in [0.15, 0.2) is 0 Å². The highest BCUT2D eigenvalue weighted by Crippen LogP contribution is 2.30. The van der Waals surface area contributed by atoms with Gasteiger partial charge in [0.25, 0.3) is 0 Å². The topological polar surface area (TPSA) is 59.3 Å². The van der Waals surface area contributed by atoms with E-state index in [2.05, 4.69) is 0 Å². The second-order valence-electron chi connectivity index (χ2n) is 4.16. The fourth-order valence-corrected chi connectivity index (χ4v) is 3.13. The molecule has 7 heteroatoms. The molecule has 0 fully saturated rings. The molecular formula is C13H11Cl2NO3S. The van der Waals surface area contributed by atoms with Crippen molar-refractivity contribution in [2.24, 2.45) is 0 Å². The Morgan fingerprint density at radius 2 is 2.10 bits per heavy atom. The summed E-state index contributed by atoms with van der Waals surface area (Å²) in [5, 5.41) is 11.4. The van der Waals surface area contributed by atoms with Gasteiger partial charge in [0.2, 0.25) is 0 Å². The fraction of sp³-hybridized carbons (Fsp3) is 0.231. The molecule has 0 bridgehead atoms. The van der Waals surface area contributed by atoms with Crippen molar-refractivity contribution in [2.45, 2.75) is 19.4 Å². The fourth-order valence-electron chi connectivity index (χ4n) is 1.84. The summed E-state index contributed by atoms with van der Waals surface area (Å²) in [6, 6.07) is 5.06. The SMILES string of the molecule is O=C(O)CCCn1c(-c2ccc(Cl)cc2Cl)csc1=O. The van der Waals surface area contributed by atoms with Gasteiger partial charge in [-0.1, -0.05) is 34.5 Å². The van der Waals surface area contributed by atoms with Crippen molar-refractivity contribution in [3.05, 3.63) is 43.3 Å². The lowest BCUT2D eigenvalue weighted by Gasteiger charge is -2.08. The molecule has 0 aliphatic carbocycles. The van der Waals surface area contributed by atoms with E-state index in [1.165, 1.54) is 0 Å². The molecule has 0 aliphatic heterocycles.